The molecule has 1 aliphatic heterocycles. The Kier molecular flexibility index (Phi) is 4.88. The summed E-state index contributed by atoms with van der Waals surface area (Å²) in [5.41, 5.74) is 1.77. The number of hydrogen-bond donors (Lipinski definition) is 1. The predicted molar refractivity (Wildman–Crippen MR) is 107 cm³/mol. The van der Waals surface area contributed by atoms with Crippen LogP contribution in [0.15, 0.2) is 59.1 Å². The molecule has 2 aromatic carbocycles. The highest BCUT2D eigenvalue weighted by molar-refractivity contribution is 6.09. The minimum atomic E-state index is -0.954. The summed E-state index contributed by atoms with van der Waals surface area (Å²) >= 11 is 0. The molecule has 0 saturated heterocycles. The first-order valence-electron chi connectivity index (χ1n) is 9.47. The number of amides is 2. The van der Waals surface area contributed by atoms with E-state index in [1.165, 1.54) is 0 Å². The Labute approximate surface area is 168 Å². The van der Waals surface area contributed by atoms with Crippen LogP contribution in [0.3, 0.4) is 0 Å². The molecular weight excluding hydrogens is 368 g/mol. The van der Waals surface area contributed by atoms with E-state index in [0.29, 0.717) is 18.1 Å². The Bertz CT molecular complexity index is 1050. The van der Waals surface area contributed by atoms with Crippen molar-refractivity contribution in [3.05, 3.63) is 77.4 Å². The van der Waals surface area contributed by atoms with Gasteiger partial charge in [0.05, 0.1) is 12.0 Å². The number of aromatic nitrogens is 2. The molecule has 4 rings (SSSR count). The number of fused-ring (bicyclic) bond motifs is 1. The average Bonchev–Trinajstić information content (AvgIpc) is 3.23. The summed E-state index contributed by atoms with van der Waals surface area (Å²) in [6.45, 7) is 1.85. The molecule has 7 heteroatoms. The number of hydrogen-bond acceptors (Lipinski definition) is 5. The molecule has 148 valence electrons. The minimum absolute atomic E-state index is 0.0406. The maximum absolute atomic E-state index is 13.4. The molecule has 1 unspecified atom stereocenters. The third kappa shape index (κ3) is 3.51. The van der Waals surface area contributed by atoms with Crippen LogP contribution in [-0.4, -0.2) is 29.0 Å². The lowest BCUT2D eigenvalue weighted by Gasteiger charge is -2.28. The van der Waals surface area contributed by atoms with Crippen molar-refractivity contribution >= 4 is 17.5 Å². The highest BCUT2D eigenvalue weighted by Crippen LogP contribution is 2.45. The third-order valence-electron chi connectivity index (χ3n) is 5.32. The van der Waals surface area contributed by atoms with Crippen LogP contribution in [0.25, 0.3) is 0 Å². The van der Waals surface area contributed by atoms with Crippen molar-refractivity contribution in [3.8, 4) is 0 Å². The number of benzene rings is 2. The SMILES string of the molecule is Cc1nc(CNC(=O)CC2(Cc3ccccc3)C(=O)N(C)c3ccccc32)no1. The first-order valence-corrected chi connectivity index (χ1v) is 9.47. The number of carbonyl (C=O) groups is 2. The maximum atomic E-state index is 13.4. The average molecular weight is 390 g/mol. The zero-order chi connectivity index (χ0) is 20.4. The highest BCUT2D eigenvalue weighted by Gasteiger charge is 2.50. The van der Waals surface area contributed by atoms with Gasteiger partial charge in [0.15, 0.2) is 5.82 Å². The summed E-state index contributed by atoms with van der Waals surface area (Å²) in [7, 11) is 1.76. The summed E-state index contributed by atoms with van der Waals surface area (Å²) in [5, 5.41) is 6.61. The molecule has 1 aliphatic rings. The largest absolute Gasteiger partial charge is 0.349 e. The van der Waals surface area contributed by atoms with Crippen molar-refractivity contribution in [1.29, 1.82) is 0 Å². The fraction of sp³-hybridized carbons (Fsp3) is 0.273. The van der Waals surface area contributed by atoms with E-state index < -0.39 is 5.41 Å². The number of likely N-dealkylation sites (N-methyl/N-ethyl adjacent to an activating group) is 1. The number of para-hydroxylation sites is 1. The van der Waals surface area contributed by atoms with E-state index in [0.717, 1.165) is 16.8 Å². The minimum Gasteiger partial charge on any atom is -0.349 e. The number of aryl methyl sites for hydroxylation is 1. The molecule has 0 aliphatic carbocycles. The molecule has 0 fully saturated rings. The first-order chi connectivity index (χ1) is 14.0. The third-order valence-corrected chi connectivity index (χ3v) is 5.32. The molecule has 1 N–H and O–H groups in total. The lowest BCUT2D eigenvalue weighted by molar-refractivity contribution is -0.129. The van der Waals surface area contributed by atoms with E-state index in [-0.39, 0.29) is 24.8 Å². The molecule has 2 heterocycles. The molecule has 2 amide bonds. The smallest absolute Gasteiger partial charge is 0.238 e. The molecule has 1 aromatic heterocycles. The van der Waals surface area contributed by atoms with Gasteiger partial charge >= 0.3 is 0 Å². The van der Waals surface area contributed by atoms with Gasteiger partial charge in [0, 0.05) is 26.1 Å². The van der Waals surface area contributed by atoms with Crippen molar-refractivity contribution in [2.45, 2.75) is 31.7 Å². The zero-order valence-corrected chi connectivity index (χ0v) is 16.4. The van der Waals surface area contributed by atoms with Crippen LogP contribution in [0.4, 0.5) is 5.69 Å². The second-order valence-corrected chi connectivity index (χ2v) is 7.31. The van der Waals surface area contributed by atoms with Crippen LogP contribution in [0.2, 0.25) is 0 Å². The van der Waals surface area contributed by atoms with Gasteiger partial charge in [0.2, 0.25) is 17.7 Å². The lowest BCUT2D eigenvalue weighted by atomic mass is 9.73. The van der Waals surface area contributed by atoms with Crippen molar-refractivity contribution in [2.75, 3.05) is 11.9 Å². The van der Waals surface area contributed by atoms with Crippen LogP contribution in [0.5, 0.6) is 0 Å². The van der Waals surface area contributed by atoms with Gasteiger partial charge < -0.3 is 14.7 Å². The Balaban J connectivity index is 1.64. The molecule has 29 heavy (non-hydrogen) atoms. The van der Waals surface area contributed by atoms with Gasteiger partial charge in [-0.05, 0) is 23.6 Å². The van der Waals surface area contributed by atoms with Crippen molar-refractivity contribution in [1.82, 2.24) is 15.5 Å². The van der Waals surface area contributed by atoms with E-state index in [4.69, 9.17) is 4.52 Å². The monoisotopic (exact) mass is 390 g/mol. The molecule has 1 atom stereocenters. The quantitative estimate of drug-likeness (QED) is 0.699. The standard InChI is InChI=1S/C22H22N4O3/c1-15-24-19(25-29-15)14-23-20(27)13-22(12-16-8-4-3-5-9-16)17-10-6-7-11-18(17)26(2)21(22)28/h3-11H,12-14H2,1-2H3,(H,23,27). The molecule has 7 nitrogen and oxygen atoms in total. The van der Waals surface area contributed by atoms with Crippen molar-refractivity contribution in [2.24, 2.45) is 0 Å². The lowest BCUT2D eigenvalue weighted by Crippen LogP contribution is -2.44. The van der Waals surface area contributed by atoms with Gasteiger partial charge in [0.1, 0.15) is 0 Å². The second kappa shape index (κ2) is 7.50. The summed E-state index contributed by atoms with van der Waals surface area (Å²) in [6, 6.07) is 17.5. The van der Waals surface area contributed by atoms with Gasteiger partial charge in [-0.25, -0.2) is 0 Å². The summed E-state index contributed by atoms with van der Waals surface area (Å²) in [6.07, 6.45) is 0.488. The molecular formula is C22H22N4O3. The molecule has 0 saturated carbocycles. The van der Waals surface area contributed by atoms with Crippen molar-refractivity contribution < 1.29 is 14.1 Å². The molecule has 0 radical (unpaired) electrons. The van der Waals surface area contributed by atoms with Gasteiger partial charge in [-0.1, -0.05) is 53.7 Å². The topological polar surface area (TPSA) is 88.3 Å². The molecule has 0 spiro atoms. The van der Waals surface area contributed by atoms with E-state index >= 15 is 0 Å². The van der Waals surface area contributed by atoms with Crippen LogP contribution in [0.1, 0.15) is 29.3 Å². The fourth-order valence-corrected chi connectivity index (χ4v) is 3.99. The number of rotatable bonds is 6. The van der Waals surface area contributed by atoms with Gasteiger partial charge in [-0.2, -0.15) is 4.98 Å². The highest BCUT2D eigenvalue weighted by atomic mass is 16.5. The zero-order valence-electron chi connectivity index (χ0n) is 16.4. The van der Waals surface area contributed by atoms with E-state index in [9.17, 15) is 9.59 Å². The summed E-state index contributed by atoms with van der Waals surface area (Å²) < 4.78 is 4.93. The van der Waals surface area contributed by atoms with Crippen LogP contribution >= 0.6 is 0 Å². The van der Waals surface area contributed by atoms with Gasteiger partial charge in [0.25, 0.3) is 0 Å². The van der Waals surface area contributed by atoms with Crippen LogP contribution in [-0.2, 0) is 28.0 Å². The number of nitrogens with zero attached hydrogens (tertiary/aromatic N) is 3. The van der Waals surface area contributed by atoms with E-state index in [1.807, 2.05) is 54.6 Å². The predicted octanol–water partition coefficient (Wildman–Crippen LogP) is 2.54. The van der Waals surface area contributed by atoms with Gasteiger partial charge in [-0.3, -0.25) is 9.59 Å². The molecule has 3 aromatic rings. The Morgan fingerprint density at radius 2 is 1.86 bits per heavy atom. The maximum Gasteiger partial charge on any atom is 0.238 e. The molecule has 0 bridgehead atoms. The summed E-state index contributed by atoms with van der Waals surface area (Å²) in [5.74, 6) is 0.537. The number of anilines is 1. The number of nitrogens with one attached hydrogen (secondary N) is 1. The summed E-state index contributed by atoms with van der Waals surface area (Å²) in [4.78, 5) is 32.0. The Morgan fingerprint density at radius 1 is 1.14 bits per heavy atom. The van der Waals surface area contributed by atoms with Crippen LogP contribution < -0.4 is 10.2 Å². The van der Waals surface area contributed by atoms with Crippen molar-refractivity contribution in [3.63, 3.8) is 0 Å². The van der Waals surface area contributed by atoms with E-state index in [1.54, 1.807) is 18.9 Å². The Morgan fingerprint density at radius 3 is 2.59 bits per heavy atom. The van der Waals surface area contributed by atoms with Crippen LogP contribution in [0, 0.1) is 6.92 Å². The van der Waals surface area contributed by atoms with Gasteiger partial charge in [-0.15, -0.1) is 0 Å². The Hall–Kier alpha value is -3.48. The van der Waals surface area contributed by atoms with E-state index in [2.05, 4.69) is 15.5 Å². The first kappa shape index (κ1) is 18.9. The second-order valence-electron chi connectivity index (χ2n) is 7.31. The fourth-order valence-electron chi connectivity index (χ4n) is 3.99. The normalized spacial score (nSPS) is 18.0. The number of carbonyl (C=O) groups excluding carboxylic acids is 2.